The van der Waals surface area contributed by atoms with Crippen LogP contribution in [0.3, 0.4) is 0 Å². The Balaban J connectivity index is 0.00000288. The Morgan fingerprint density at radius 2 is 1.58 bits per heavy atom. The van der Waals surface area contributed by atoms with E-state index in [0.717, 1.165) is 5.56 Å². The molecule has 0 heterocycles. The first kappa shape index (κ1) is 19.9. The molecule has 2 rings (SSSR count). The van der Waals surface area contributed by atoms with E-state index in [2.05, 4.69) is 5.32 Å². The topological polar surface area (TPSA) is 64.4 Å². The highest BCUT2D eigenvalue weighted by Gasteiger charge is 2.16. The number of ether oxygens (including phenoxy) is 1. The average Bonchev–Trinajstić information content (AvgIpc) is 2.55. The van der Waals surface area contributed by atoms with Gasteiger partial charge < -0.3 is 15.8 Å². The first-order valence-corrected chi connectivity index (χ1v) is 7.51. The molecular weight excluding hydrogens is 331 g/mol. The van der Waals surface area contributed by atoms with Gasteiger partial charge in [-0.3, -0.25) is 4.79 Å². The van der Waals surface area contributed by atoms with Crippen LogP contribution in [0.25, 0.3) is 0 Å². The van der Waals surface area contributed by atoms with Gasteiger partial charge in [0.25, 0.3) is 0 Å². The zero-order valence-corrected chi connectivity index (χ0v) is 14.5. The highest BCUT2D eigenvalue weighted by atomic mass is 35.5. The first-order valence-electron chi connectivity index (χ1n) is 7.51. The molecule has 130 valence electrons. The van der Waals surface area contributed by atoms with E-state index in [-0.39, 0.29) is 30.0 Å². The molecule has 3 N–H and O–H groups in total. The fourth-order valence-electron chi connectivity index (χ4n) is 1.92. The lowest BCUT2D eigenvalue weighted by molar-refractivity contribution is -0.123. The van der Waals surface area contributed by atoms with Crippen LogP contribution in [0.15, 0.2) is 48.5 Å². The van der Waals surface area contributed by atoms with E-state index in [1.54, 1.807) is 24.3 Å². The van der Waals surface area contributed by atoms with Crippen LogP contribution in [-0.2, 0) is 11.3 Å². The predicted octanol–water partition coefficient (Wildman–Crippen LogP) is 3.64. The molecule has 0 radical (unpaired) electrons. The molecule has 0 spiro atoms. The summed E-state index contributed by atoms with van der Waals surface area (Å²) >= 11 is 0. The van der Waals surface area contributed by atoms with Crippen molar-refractivity contribution in [2.75, 3.05) is 0 Å². The number of nitrogens with two attached hydrogens (primary N) is 1. The third-order valence-corrected chi connectivity index (χ3v) is 3.46. The lowest BCUT2D eigenvalue weighted by Gasteiger charge is -2.15. The largest absolute Gasteiger partial charge is 0.457 e. The monoisotopic (exact) mass is 352 g/mol. The maximum atomic E-state index is 12.8. The van der Waals surface area contributed by atoms with Crippen molar-refractivity contribution < 1.29 is 13.9 Å². The van der Waals surface area contributed by atoms with E-state index in [1.165, 1.54) is 12.1 Å². The van der Waals surface area contributed by atoms with Crippen LogP contribution in [0, 0.1) is 11.7 Å². The summed E-state index contributed by atoms with van der Waals surface area (Å²) in [6.45, 7) is 4.23. The van der Waals surface area contributed by atoms with E-state index >= 15 is 0 Å². The zero-order chi connectivity index (χ0) is 16.8. The molecule has 1 atom stereocenters. The Morgan fingerprint density at radius 3 is 2.08 bits per heavy atom. The van der Waals surface area contributed by atoms with Crippen LogP contribution in [0.5, 0.6) is 11.5 Å². The van der Waals surface area contributed by atoms with Crippen LogP contribution in [0.1, 0.15) is 19.4 Å². The van der Waals surface area contributed by atoms with Gasteiger partial charge in [-0.1, -0.05) is 26.0 Å². The Bertz CT molecular complexity index is 645. The van der Waals surface area contributed by atoms with E-state index in [1.807, 2.05) is 26.0 Å². The first-order chi connectivity index (χ1) is 11.0. The van der Waals surface area contributed by atoms with Gasteiger partial charge in [0.2, 0.25) is 5.91 Å². The minimum atomic E-state index is -0.504. The van der Waals surface area contributed by atoms with Crippen molar-refractivity contribution in [1.82, 2.24) is 5.32 Å². The third-order valence-electron chi connectivity index (χ3n) is 3.46. The van der Waals surface area contributed by atoms with E-state index in [4.69, 9.17) is 10.5 Å². The molecule has 0 fully saturated rings. The second-order valence-electron chi connectivity index (χ2n) is 5.69. The summed E-state index contributed by atoms with van der Waals surface area (Å²) in [6, 6.07) is 12.6. The molecule has 0 aromatic heterocycles. The summed E-state index contributed by atoms with van der Waals surface area (Å²) in [5.41, 5.74) is 6.73. The van der Waals surface area contributed by atoms with Crippen LogP contribution in [-0.4, -0.2) is 11.9 Å². The maximum Gasteiger partial charge on any atom is 0.237 e. The van der Waals surface area contributed by atoms with Crippen LogP contribution in [0.2, 0.25) is 0 Å². The van der Waals surface area contributed by atoms with Gasteiger partial charge in [-0.2, -0.15) is 0 Å². The van der Waals surface area contributed by atoms with Crippen molar-refractivity contribution in [2.24, 2.45) is 11.7 Å². The number of halogens is 2. The van der Waals surface area contributed by atoms with Gasteiger partial charge in [-0.25, -0.2) is 4.39 Å². The van der Waals surface area contributed by atoms with Crippen molar-refractivity contribution in [2.45, 2.75) is 26.4 Å². The fraction of sp³-hybridized carbons (Fsp3) is 0.278. The molecule has 0 saturated carbocycles. The number of carbonyl (C=O) groups excluding carboxylic acids is 1. The van der Waals surface area contributed by atoms with Crippen LogP contribution >= 0.6 is 12.4 Å². The minimum absolute atomic E-state index is 0. The molecule has 2 aromatic rings. The van der Waals surface area contributed by atoms with Crippen molar-refractivity contribution in [3.63, 3.8) is 0 Å². The Kier molecular flexibility index (Phi) is 7.68. The van der Waals surface area contributed by atoms with Crippen molar-refractivity contribution >= 4 is 18.3 Å². The van der Waals surface area contributed by atoms with Crippen molar-refractivity contribution in [3.05, 3.63) is 59.9 Å². The van der Waals surface area contributed by atoms with Gasteiger partial charge in [0.15, 0.2) is 0 Å². The Hall–Kier alpha value is -2.11. The van der Waals surface area contributed by atoms with Gasteiger partial charge in [-0.05, 0) is 47.9 Å². The highest BCUT2D eigenvalue weighted by molar-refractivity contribution is 5.85. The van der Waals surface area contributed by atoms with Gasteiger partial charge in [-0.15, -0.1) is 12.4 Å². The molecule has 4 nitrogen and oxygen atoms in total. The quantitative estimate of drug-likeness (QED) is 0.834. The lowest BCUT2D eigenvalue weighted by atomic mass is 10.0. The molecule has 0 aliphatic rings. The fourth-order valence-corrected chi connectivity index (χ4v) is 1.92. The van der Waals surface area contributed by atoms with Gasteiger partial charge >= 0.3 is 0 Å². The minimum Gasteiger partial charge on any atom is -0.457 e. The van der Waals surface area contributed by atoms with Gasteiger partial charge in [0.1, 0.15) is 17.3 Å². The molecule has 6 heteroatoms. The Labute approximate surface area is 147 Å². The molecule has 0 saturated heterocycles. The zero-order valence-electron chi connectivity index (χ0n) is 13.7. The lowest BCUT2D eigenvalue weighted by Crippen LogP contribution is -2.43. The summed E-state index contributed by atoms with van der Waals surface area (Å²) in [5.74, 6) is 0.845. The smallest absolute Gasteiger partial charge is 0.237 e. The third kappa shape index (κ3) is 5.83. The molecule has 0 aliphatic heterocycles. The molecule has 0 aliphatic carbocycles. The number of nitrogens with one attached hydrogen (secondary N) is 1. The second-order valence-corrected chi connectivity index (χ2v) is 5.69. The van der Waals surface area contributed by atoms with Gasteiger partial charge in [0, 0.05) is 6.54 Å². The number of amides is 1. The van der Waals surface area contributed by atoms with Crippen LogP contribution in [0.4, 0.5) is 4.39 Å². The number of carbonyl (C=O) groups is 1. The van der Waals surface area contributed by atoms with Crippen molar-refractivity contribution in [1.29, 1.82) is 0 Å². The molecule has 2 aromatic carbocycles. The predicted molar refractivity (Wildman–Crippen MR) is 94.8 cm³/mol. The SMILES string of the molecule is CC(C)C(N)C(=O)NCc1ccc(Oc2ccc(F)cc2)cc1.Cl. The number of rotatable bonds is 6. The van der Waals surface area contributed by atoms with Gasteiger partial charge in [0.05, 0.1) is 6.04 Å². The summed E-state index contributed by atoms with van der Waals surface area (Å²) in [7, 11) is 0. The van der Waals surface area contributed by atoms with E-state index < -0.39 is 6.04 Å². The van der Waals surface area contributed by atoms with E-state index in [9.17, 15) is 9.18 Å². The highest BCUT2D eigenvalue weighted by Crippen LogP contribution is 2.21. The standard InChI is InChI=1S/C18H21FN2O2.ClH/c1-12(2)17(20)18(22)21-11-13-3-7-15(8-4-13)23-16-9-5-14(19)6-10-16;/h3-10,12,17H,11,20H2,1-2H3,(H,21,22);1H. The molecule has 0 bridgehead atoms. The number of hydrogen-bond donors (Lipinski definition) is 2. The second kappa shape index (κ2) is 9.25. The summed E-state index contributed by atoms with van der Waals surface area (Å²) in [4.78, 5) is 11.8. The molecule has 1 amide bonds. The summed E-state index contributed by atoms with van der Waals surface area (Å²) in [6.07, 6.45) is 0. The average molecular weight is 353 g/mol. The summed E-state index contributed by atoms with van der Waals surface area (Å²) < 4.78 is 18.4. The maximum absolute atomic E-state index is 12.8. The number of benzene rings is 2. The normalized spacial score (nSPS) is 11.5. The molecule has 1 unspecified atom stereocenters. The molecule has 24 heavy (non-hydrogen) atoms. The summed E-state index contributed by atoms with van der Waals surface area (Å²) in [5, 5.41) is 2.81. The Morgan fingerprint density at radius 1 is 1.08 bits per heavy atom. The molecular formula is C18H22ClFN2O2. The van der Waals surface area contributed by atoms with E-state index in [0.29, 0.717) is 18.0 Å². The van der Waals surface area contributed by atoms with Crippen LogP contribution < -0.4 is 15.8 Å². The van der Waals surface area contributed by atoms with Crippen molar-refractivity contribution in [3.8, 4) is 11.5 Å². The number of hydrogen-bond acceptors (Lipinski definition) is 3.